The Morgan fingerprint density at radius 1 is 1.08 bits per heavy atom. The van der Waals surface area contributed by atoms with Crippen molar-refractivity contribution in [1.82, 2.24) is 29.9 Å². The molecule has 0 radical (unpaired) electrons. The molecule has 0 aliphatic carbocycles. The number of H-pyrrole nitrogens is 1. The monoisotopic (exact) mass is 532 g/mol. The van der Waals surface area contributed by atoms with Gasteiger partial charge < -0.3 is 15.0 Å². The summed E-state index contributed by atoms with van der Waals surface area (Å²) in [5.74, 6) is 0.165. The van der Waals surface area contributed by atoms with Crippen LogP contribution in [0.25, 0.3) is 0 Å². The number of nitrogens with one attached hydrogen (secondary N) is 2. The van der Waals surface area contributed by atoms with Crippen LogP contribution in [0.3, 0.4) is 0 Å². The Bertz CT molecular complexity index is 1290. The molecule has 10 nitrogen and oxygen atoms in total. The number of hydrogen-bond acceptors (Lipinski definition) is 8. The van der Waals surface area contributed by atoms with Crippen molar-refractivity contribution in [3.05, 3.63) is 57.5 Å². The molecule has 0 fully saturated rings. The number of halogens is 6. The summed E-state index contributed by atoms with van der Waals surface area (Å²) >= 11 is 0. The molecule has 0 unspecified atom stereocenters. The first-order chi connectivity index (χ1) is 17.3. The van der Waals surface area contributed by atoms with Crippen LogP contribution in [-0.4, -0.2) is 49.1 Å². The van der Waals surface area contributed by atoms with Gasteiger partial charge in [-0.1, -0.05) is 0 Å². The van der Waals surface area contributed by atoms with Gasteiger partial charge in [-0.05, 0) is 19.9 Å². The highest BCUT2D eigenvalue weighted by atomic mass is 19.4. The highest BCUT2D eigenvalue weighted by molar-refractivity contribution is 5.50. The molecule has 0 saturated carbocycles. The first kappa shape index (κ1) is 26.4. The third-order valence-electron chi connectivity index (χ3n) is 5.62. The maximum Gasteiger partial charge on any atom is 0.423 e. The fourth-order valence-corrected chi connectivity index (χ4v) is 3.76. The van der Waals surface area contributed by atoms with Gasteiger partial charge in [0.05, 0.1) is 54.6 Å². The third kappa shape index (κ3) is 6.00. The van der Waals surface area contributed by atoms with Crippen molar-refractivity contribution in [3.8, 4) is 0 Å². The zero-order valence-corrected chi connectivity index (χ0v) is 19.6. The highest BCUT2D eigenvalue weighted by Crippen LogP contribution is 2.32. The first-order valence-corrected chi connectivity index (χ1v) is 11.1. The van der Waals surface area contributed by atoms with Crippen molar-refractivity contribution in [1.29, 1.82) is 0 Å². The number of rotatable bonds is 7. The van der Waals surface area contributed by atoms with Crippen LogP contribution in [0.4, 0.5) is 38.0 Å². The summed E-state index contributed by atoms with van der Waals surface area (Å²) in [7, 11) is 0. The Morgan fingerprint density at radius 3 is 2.43 bits per heavy atom. The number of anilines is 2. The fraction of sp³-hybridized carbons (Fsp3) is 0.476. The Balaban J connectivity index is 1.36. The van der Waals surface area contributed by atoms with E-state index in [2.05, 4.69) is 25.5 Å². The molecular formula is C21H22F6N8O2. The van der Waals surface area contributed by atoms with Crippen molar-refractivity contribution < 1.29 is 31.1 Å². The number of alkyl halides is 6. The molecule has 1 aliphatic heterocycles. The van der Waals surface area contributed by atoms with Crippen LogP contribution in [0, 0.1) is 0 Å². The van der Waals surface area contributed by atoms with Gasteiger partial charge in [0.2, 0.25) is 5.95 Å². The molecule has 4 rings (SSSR count). The zero-order chi connectivity index (χ0) is 27.0. The van der Waals surface area contributed by atoms with Gasteiger partial charge in [0.1, 0.15) is 5.56 Å². The van der Waals surface area contributed by atoms with Gasteiger partial charge in [-0.3, -0.25) is 9.48 Å². The van der Waals surface area contributed by atoms with E-state index in [-0.39, 0.29) is 12.6 Å². The van der Waals surface area contributed by atoms with Crippen LogP contribution in [-0.2, 0) is 30.2 Å². The number of nitrogens with zero attached hydrogens (tertiary/aromatic N) is 6. The molecule has 0 spiro atoms. The molecule has 3 aromatic heterocycles. The highest BCUT2D eigenvalue weighted by Gasteiger charge is 2.37. The van der Waals surface area contributed by atoms with Crippen molar-refractivity contribution in [3.63, 3.8) is 0 Å². The van der Waals surface area contributed by atoms with Crippen LogP contribution >= 0.6 is 0 Å². The van der Waals surface area contributed by atoms with Crippen molar-refractivity contribution in [2.45, 2.75) is 51.4 Å². The SMILES string of the molecule is C[C@H](OC[C@H](C)Nc1cn[nH]c(=O)c1C(F)(F)F)c1cc2n(n1)CCN(c1ncc(C(F)(F)F)cn1)C2. The van der Waals surface area contributed by atoms with Crippen LogP contribution in [0.1, 0.15) is 42.5 Å². The van der Waals surface area contributed by atoms with Crippen LogP contribution in [0.2, 0.25) is 0 Å². The Morgan fingerprint density at radius 2 is 1.78 bits per heavy atom. The molecule has 200 valence electrons. The second-order valence-corrected chi connectivity index (χ2v) is 8.48. The van der Waals surface area contributed by atoms with Crippen LogP contribution in [0.5, 0.6) is 0 Å². The summed E-state index contributed by atoms with van der Waals surface area (Å²) in [6.45, 7) is 4.52. The van der Waals surface area contributed by atoms with E-state index in [1.165, 1.54) is 0 Å². The van der Waals surface area contributed by atoms with Gasteiger partial charge in [-0.15, -0.1) is 0 Å². The molecule has 4 heterocycles. The third-order valence-corrected chi connectivity index (χ3v) is 5.62. The predicted molar refractivity (Wildman–Crippen MR) is 118 cm³/mol. The van der Waals surface area contributed by atoms with Gasteiger partial charge in [-0.25, -0.2) is 15.1 Å². The molecule has 37 heavy (non-hydrogen) atoms. The largest absolute Gasteiger partial charge is 0.423 e. The molecule has 2 atom stereocenters. The lowest BCUT2D eigenvalue weighted by Gasteiger charge is -2.27. The lowest BCUT2D eigenvalue weighted by molar-refractivity contribution is -0.139. The van der Waals surface area contributed by atoms with E-state index in [9.17, 15) is 31.1 Å². The van der Waals surface area contributed by atoms with Crippen LogP contribution < -0.4 is 15.8 Å². The molecule has 0 bridgehead atoms. The van der Waals surface area contributed by atoms with E-state index in [0.29, 0.717) is 25.3 Å². The number of ether oxygens (including phenoxy) is 1. The van der Waals surface area contributed by atoms with E-state index in [1.807, 2.05) is 0 Å². The molecule has 3 aromatic rings. The minimum atomic E-state index is -4.86. The second kappa shape index (κ2) is 9.99. The summed E-state index contributed by atoms with van der Waals surface area (Å²) in [6.07, 6.45) is -7.53. The molecule has 16 heteroatoms. The van der Waals surface area contributed by atoms with E-state index in [1.54, 1.807) is 34.6 Å². The molecular weight excluding hydrogens is 510 g/mol. The summed E-state index contributed by atoms with van der Waals surface area (Å²) in [5.41, 5.74) is -2.76. The first-order valence-electron chi connectivity index (χ1n) is 11.1. The van der Waals surface area contributed by atoms with Crippen LogP contribution in [0.15, 0.2) is 29.5 Å². The van der Waals surface area contributed by atoms with E-state index < -0.39 is 46.9 Å². The normalized spacial score (nSPS) is 15.8. The minimum Gasteiger partial charge on any atom is -0.378 e. The quantitative estimate of drug-likeness (QED) is 0.446. The van der Waals surface area contributed by atoms with Gasteiger partial charge in [-0.2, -0.15) is 36.5 Å². The number of aromatic nitrogens is 6. The molecule has 0 amide bonds. The number of fused-ring (bicyclic) bond motifs is 1. The van der Waals surface area contributed by atoms with E-state index in [0.717, 1.165) is 24.3 Å². The molecule has 1 aliphatic rings. The fourth-order valence-electron chi connectivity index (χ4n) is 3.76. The summed E-state index contributed by atoms with van der Waals surface area (Å²) in [6, 6.07) is 1.18. The zero-order valence-electron chi connectivity index (χ0n) is 19.6. The maximum atomic E-state index is 13.2. The van der Waals surface area contributed by atoms with E-state index >= 15 is 0 Å². The average molecular weight is 532 g/mol. The van der Waals surface area contributed by atoms with E-state index in [4.69, 9.17) is 4.74 Å². The predicted octanol–water partition coefficient (Wildman–Crippen LogP) is 3.39. The van der Waals surface area contributed by atoms with Gasteiger partial charge in [0.25, 0.3) is 5.56 Å². The summed E-state index contributed by atoms with van der Waals surface area (Å²) in [5, 5.41) is 12.3. The number of aromatic amines is 1. The smallest absolute Gasteiger partial charge is 0.378 e. The maximum absolute atomic E-state index is 13.2. The van der Waals surface area contributed by atoms with Gasteiger partial charge in [0, 0.05) is 25.0 Å². The lowest BCUT2D eigenvalue weighted by Crippen LogP contribution is -2.35. The lowest BCUT2D eigenvalue weighted by atomic mass is 10.2. The topological polar surface area (TPSA) is 114 Å². The average Bonchev–Trinajstić information content (AvgIpc) is 3.25. The summed E-state index contributed by atoms with van der Waals surface area (Å²) in [4.78, 5) is 21.0. The van der Waals surface area contributed by atoms with Crippen molar-refractivity contribution in [2.24, 2.45) is 0 Å². The van der Waals surface area contributed by atoms with Crippen molar-refractivity contribution in [2.75, 3.05) is 23.4 Å². The van der Waals surface area contributed by atoms with Gasteiger partial charge in [0.15, 0.2) is 0 Å². The molecule has 0 saturated heterocycles. The van der Waals surface area contributed by atoms with Gasteiger partial charge >= 0.3 is 12.4 Å². The summed E-state index contributed by atoms with van der Waals surface area (Å²) < 4.78 is 85.5. The molecule has 2 N–H and O–H groups in total. The Kier molecular flexibility index (Phi) is 7.12. The molecule has 0 aromatic carbocycles. The standard InChI is InChI=1S/C21H22F6N8O2/c1-11(31-16-8-30-32-18(36)17(16)21(25,26)27)10-37-12(2)15-5-14-9-34(3-4-35(14)33-15)19-28-6-13(7-29-19)20(22,23)24/h5-8,11-12H,3-4,9-10H2,1-2H3,(H2,31,32,36)/t11-,12-/m0/s1. The Hall–Kier alpha value is -3.69. The van der Waals surface area contributed by atoms with Crippen molar-refractivity contribution >= 4 is 11.6 Å². The minimum absolute atomic E-state index is 0.00102. The second-order valence-electron chi connectivity index (χ2n) is 8.48. The Labute approximate surface area is 205 Å². The number of hydrogen-bond donors (Lipinski definition) is 2.